The molecular weight excluding hydrogens is 380 g/mol. The van der Waals surface area contributed by atoms with Gasteiger partial charge in [-0.25, -0.2) is 0 Å². The van der Waals surface area contributed by atoms with E-state index in [9.17, 15) is 9.59 Å². The fourth-order valence-corrected chi connectivity index (χ4v) is 3.24. The van der Waals surface area contributed by atoms with Gasteiger partial charge in [-0.2, -0.15) is 0 Å². The minimum Gasteiger partial charge on any atom is -0.496 e. The van der Waals surface area contributed by atoms with Gasteiger partial charge in [-0.3, -0.25) is 9.59 Å². The Labute approximate surface area is 179 Å². The van der Waals surface area contributed by atoms with Crippen molar-refractivity contribution in [2.45, 2.75) is 26.7 Å². The number of ether oxygens (including phenoxy) is 2. The number of rotatable bonds is 9. The van der Waals surface area contributed by atoms with Crippen LogP contribution in [0.25, 0.3) is 0 Å². The minimum absolute atomic E-state index is 0.0138. The van der Waals surface area contributed by atoms with E-state index in [1.165, 1.54) is 0 Å². The molecular formula is C24H32N2O4. The number of carbonyl (C=O) groups excluding carboxylic acids is 2. The lowest BCUT2D eigenvalue weighted by Crippen LogP contribution is -2.38. The summed E-state index contributed by atoms with van der Waals surface area (Å²) in [7, 11) is 6.72. The Morgan fingerprint density at radius 3 is 1.43 bits per heavy atom. The van der Waals surface area contributed by atoms with Crippen molar-refractivity contribution in [3.8, 4) is 11.5 Å². The summed E-state index contributed by atoms with van der Waals surface area (Å²) in [6, 6.07) is 11.6. The number of hydrogen-bond acceptors (Lipinski definition) is 4. The van der Waals surface area contributed by atoms with Gasteiger partial charge in [-0.1, -0.05) is 35.4 Å². The highest BCUT2D eigenvalue weighted by molar-refractivity contribution is 5.80. The molecule has 6 nitrogen and oxygen atoms in total. The molecule has 0 bridgehead atoms. The van der Waals surface area contributed by atoms with Crippen LogP contribution in [0.3, 0.4) is 0 Å². The molecule has 2 rings (SSSR count). The number of carbonyl (C=O) groups is 2. The molecule has 2 aromatic carbocycles. The number of nitrogens with zero attached hydrogens (tertiary/aromatic N) is 2. The molecule has 0 saturated carbocycles. The highest BCUT2D eigenvalue weighted by Crippen LogP contribution is 2.21. The van der Waals surface area contributed by atoms with E-state index in [1.54, 1.807) is 38.1 Å². The van der Waals surface area contributed by atoms with Crippen LogP contribution >= 0.6 is 0 Å². The number of aryl methyl sites for hydroxylation is 2. The summed E-state index contributed by atoms with van der Waals surface area (Å²) in [5.41, 5.74) is 3.90. The molecule has 0 atom stereocenters. The topological polar surface area (TPSA) is 59.1 Å². The molecule has 0 spiro atoms. The van der Waals surface area contributed by atoms with Crippen molar-refractivity contribution in [2.24, 2.45) is 0 Å². The number of methoxy groups -OCH3 is 2. The Kier molecular flexibility index (Phi) is 8.27. The van der Waals surface area contributed by atoms with Crippen molar-refractivity contribution in [3.63, 3.8) is 0 Å². The maximum Gasteiger partial charge on any atom is 0.226 e. The summed E-state index contributed by atoms with van der Waals surface area (Å²) in [4.78, 5) is 28.6. The maximum atomic E-state index is 12.6. The molecule has 0 fully saturated rings. The van der Waals surface area contributed by atoms with Crippen LogP contribution in [-0.4, -0.2) is 63.0 Å². The van der Waals surface area contributed by atoms with Crippen molar-refractivity contribution in [1.82, 2.24) is 9.80 Å². The van der Waals surface area contributed by atoms with Crippen LogP contribution in [0.1, 0.15) is 22.3 Å². The second kappa shape index (κ2) is 10.7. The van der Waals surface area contributed by atoms with Crippen LogP contribution in [0.2, 0.25) is 0 Å². The van der Waals surface area contributed by atoms with Crippen LogP contribution in [0.15, 0.2) is 36.4 Å². The van der Waals surface area contributed by atoms with Crippen LogP contribution in [0.5, 0.6) is 11.5 Å². The summed E-state index contributed by atoms with van der Waals surface area (Å²) < 4.78 is 10.7. The van der Waals surface area contributed by atoms with Crippen LogP contribution in [0, 0.1) is 13.8 Å². The molecule has 0 radical (unpaired) electrons. The normalized spacial score (nSPS) is 10.5. The monoisotopic (exact) mass is 412 g/mol. The Morgan fingerprint density at radius 1 is 0.733 bits per heavy atom. The van der Waals surface area contributed by atoms with Crippen LogP contribution < -0.4 is 9.47 Å². The SMILES string of the molecule is COc1ccc(C)cc1CC(=O)N(C)CCN(C)C(=O)Cc1cc(C)ccc1OC. The molecule has 0 aliphatic rings. The average molecular weight is 413 g/mol. The van der Waals surface area contributed by atoms with Crippen LogP contribution in [0.4, 0.5) is 0 Å². The average Bonchev–Trinajstić information content (AvgIpc) is 2.72. The molecule has 0 aliphatic heterocycles. The van der Waals surface area contributed by atoms with E-state index in [2.05, 4.69) is 0 Å². The third-order valence-electron chi connectivity index (χ3n) is 5.18. The summed E-state index contributed by atoms with van der Waals surface area (Å²) >= 11 is 0. The second-order valence-electron chi connectivity index (χ2n) is 7.61. The largest absolute Gasteiger partial charge is 0.496 e. The quantitative estimate of drug-likeness (QED) is 0.635. The standard InChI is InChI=1S/C24H32N2O4/c1-17-7-9-21(29-5)19(13-17)15-23(27)25(3)11-12-26(4)24(28)16-20-14-18(2)8-10-22(20)30-6/h7-10,13-14H,11-12,15-16H2,1-6H3. The molecule has 30 heavy (non-hydrogen) atoms. The van der Waals surface area contributed by atoms with E-state index in [4.69, 9.17) is 9.47 Å². The smallest absolute Gasteiger partial charge is 0.226 e. The van der Waals surface area contributed by atoms with E-state index >= 15 is 0 Å². The predicted molar refractivity (Wildman–Crippen MR) is 118 cm³/mol. The molecule has 0 heterocycles. The zero-order valence-corrected chi connectivity index (χ0v) is 18.8. The Morgan fingerprint density at radius 2 is 1.10 bits per heavy atom. The van der Waals surface area contributed by atoms with E-state index < -0.39 is 0 Å². The summed E-state index contributed by atoms with van der Waals surface area (Å²) in [6.07, 6.45) is 0.527. The van der Waals surface area contributed by atoms with Gasteiger partial charge in [0.2, 0.25) is 11.8 Å². The Balaban J connectivity index is 1.91. The van der Waals surface area contributed by atoms with Gasteiger partial charge in [-0.05, 0) is 26.0 Å². The fraction of sp³-hybridized carbons (Fsp3) is 0.417. The molecule has 0 unspecified atom stereocenters. The Hall–Kier alpha value is -3.02. The first-order chi connectivity index (χ1) is 14.2. The van der Waals surface area contributed by atoms with E-state index in [0.29, 0.717) is 24.6 Å². The van der Waals surface area contributed by atoms with Crippen molar-refractivity contribution < 1.29 is 19.1 Å². The van der Waals surface area contributed by atoms with Crippen molar-refractivity contribution in [1.29, 1.82) is 0 Å². The zero-order chi connectivity index (χ0) is 22.3. The predicted octanol–water partition coefficient (Wildman–Crippen LogP) is 3.02. The molecule has 2 amide bonds. The number of amides is 2. The van der Waals surface area contributed by atoms with Gasteiger partial charge in [0.15, 0.2) is 0 Å². The summed E-state index contributed by atoms with van der Waals surface area (Å²) in [5.74, 6) is 1.39. The highest BCUT2D eigenvalue weighted by atomic mass is 16.5. The lowest BCUT2D eigenvalue weighted by molar-refractivity contribution is -0.132. The fourth-order valence-electron chi connectivity index (χ4n) is 3.24. The lowest BCUT2D eigenvalue weighted by Gasteiger charge is -2.23. The van der Waals surface area contributed by atoms with Crippen LogP contribution in [-0.2, 0) is 22.4 Å². The number of hydrogen-bond donors (Lipinski definition) is 0. The zero-order valence-electron chi connectivity index (χ0n) is 18.8. The van der Waals surface area contributed by atoms with E-state index in [1.807, 2.05) is 50.2 Å². The van der Waals surface area contributed by atoms with Gasteiger partial charge in [0.05, 0.1) is 27.1 Å². The first-order valence-corrected chi connectivity index (χ1v) is 10.00. The highest BCUT2D eigenvalue weighted by Gasteiger charge is 2.17. The van der Waals surface area contributed by atoms with Crippen molar-refractivity contribution in [2.75, 3.05) is 41.4 Å². The van der Waals surface area contributed by atoms with Gasteiger partial charge in [0.25, 0.3) is 0 Å². The van der Waals surface area contributed by atoms with Crippen molar-refractivity contribution in [3.05, 3.63) is 58.7 Å². The maximum absolute atomic E-state index is 12.6. The van der Waals surface area contributed by atoms with Gasteiger partial charge >= 0.3 is 0 Å². The van der Waals surface area contributed by atoms with Gasteiger partial charge in [0.1, 0.15) is 11.5 Å². The molecule has 0 N–H and O–H groups in total. The molecule has 2 aromatic rings. The second-order valence-corrected chi connectivity index (χ2v) is 7.61. The molecule has 6 heteroatoms. The minimum atomic E-state index is -0.0138. The summed E-state index contributed by atoms with van der Waals surface area (Å²) in [6.45, 7) is 4.89. The first-order valence-electron chi connectivity index (χ1n) is 10.00. The number of likely N-dealkylation sites (N-methyl/N-ethyl adjacent to an activating group) is 2. The molecule has 0 aromatic heterocycles. The third-order valence-corrected chi connectivity index (χ3v) is 5.18. The van der Waals surface area contributed by atoms with Gasteiger partial charge in [-0.15, -0.1) is 0 Å². The molecule has 0 saturated heterocycles. The molecule has 162 valence electrons. The van der Waals surface area contributed by atoms with Gasteiger partial charge in [0, 0.05) is 38.3 Å². The van der Waals surface area contributed by atoms with E-state index in [-0.39, 0.29) is 24.7 Å². The Bertz CT molecular complexity index is 821. The summed E-state index contributed by atoms with van der Waals surface area (Å²) in [5, 5.41) is 0. The van der Waals surface area contributed by atoms with E-state index in [0.717, 1.165) is 22.3 Å². The third kappa shape index (κ3) is 6.24. The lowest BCUT2D eigenvalue weighted by atomic mass is 10.1. The first kappa shape index (κ1) is 23.3. The number of benzene rings is 2. The molecule has 0 aliphatic carbocycles. The van der Waals surface area contributed by atoms with Crippen molar-refractivity contribution >= 4 is 11.8 Å². The van der Waals surface area contributed by atoms with Gasteiger partial charge < -0.3 is 19.3 Å².